The second-order valence-corrected chi connectivity index (χ2v) is 5.22. The first-order chi connectivity index (χ1) is 9.04. The zero-order valence-corrected chi connectivity index (χ0v) is 11.6. The predicted octanol–water partition coefficient (Wildman–Crippen LogP) is 2.38. The van der Waals surface area contributed by atoms with Crippen LogP contribution in [-0.4, -0.2) is 35.4 Å². The van der Waals surface area contributed by atoms with E-state index >= 15 is 0 Å². The number of pyridine rings is 1. The molecule has 0 saturated carbocycles. The molecule has 19 heavy (non-hydrogen) atoms. The molecule has 0 bridgehead atoms. The molecule has 1 amide bonds. The summed E-state index contributed by atoms with van der Waals surface area (Å²) in [7, 11) is 0. The van der Waals surface area contributed by atoms with E-state index in [1.807, 2.05) is 6.92 Å². The fraction of sp³-hybridized carbons (Fsp3) is 0.571. The summed E-state index contributed by atoms with van der Waals surface area (Å²) < 4.78 is 14.2. The molecule has 2 heterocycles. The third kappa shape index (κ3) is 2.69. The van der Waals surface area contributed by atoms with E-state index in [-0.39, 0.29) is 17.3 Å². The molecule has 5 heteroatoms. The van der Waals surface area contributed by atoms with Crippen LogP contribution in [-0.2, 0) is 0 Å². The molecule has 1 N–H and O–H groups in total. The Morgan fingerprint density at radius 3 is 2.68 bits per heavy atom. The first kappa shape index (κ1) is 13.8. The van der Waals surface area contributed by atoms with Crippen molar-refractivity contribution in [3.05, 3.63) is 23.6 Å². The summed E-state index contributed by atoms with van der Waals surface area (Å²) >= 11 is 0. The molecule has 1 aromatic rings. The molecule has 2 atom stereocenters. The van der Waals surface area contributed by atoms with Crippen molar-refractivity contribution in [2.24, 2.45) is 11.8 Å². The van der Waals surface area contributed by atoms with Gasteiger partial charge in [-0.15, -0.1) is 0 Å². The monoisotopic (exact) mass is 265 g/mol. The molecule has 0 aromatic carbocycles. The number of rotatable bonds is 3. The van der Waals surface area contributed by atoms with Gasteiger partial charge in [0.15, 0.2) is 11.6 Å². The van der Waals surface area contributed by atoms with Crippen molar-refractivity contribution in [3.8, 4) is 0 Å². The highest BCUT2D eigenvalue weighted by molar-refractivity contribution is 5.95. The minimum absolute atomic E-state index is 0.104. The lowest BCUT2D eigenvalue weighted by Crippen LogP contribution is -2.30. The molecule has 2 rings (SSSR count). The van der Waals surface area contributed by atoms with E-state index in [4.69, 9.17) is 0 Å². The van der Waals surface area contributed by atoms with Crippen molar-refractivity contribution < 1.29 is 9.18 Å². The number of amides is 1. The van der Waals surface area contributed by atoms with Crippen LogP contribution in [0.4, 0.5) is 10.2 Å². The van der Waals surface area contributed by atoms with Crippen molar-refractivity contribution in [2.45, 2.75) is 20.8 Å². The summed E-state index contributed by atoms with van der Waals surface area (Å²) in [5, 5.41) is 2.82. The van der Waals surface area contributed by atoms with E-state index in [1.165, 1.54) is 12.3 Å². The number of hydrogen-bond donors (Lipinski definition) is 1. The zero-order chi connectivity index (χ0) is 14.0. The van der Waals surface area contributed by atoms with Gasteiger partial charge in [0.2, 0.25) is 0 Å². The van der Waals surface area contributed by atoms with Crippen molar-refractivity contribution in [3.63, 3.8) is 0 Å². The average molecular weight is 265 g/mol. The molecular formula is C14H20FN3O. The summed E-state index contributed by atoms with van der Waals surface area (Å²) in [5.74, 6) is 0.273. The number of likely N-dealkylation sites (tertiary alicyclic amines) is 1. The summed E-state index contributed by atoms with van der Waals surface area (Å²) in [6.07, 6.45) is 1.47. The highest BCUT2D eigenvalue weighted by atomic mass is 19.1. The Labute approximate surface area is 113 Å². The van der Waals surface area contributed by atoms with Gasteiger partial charge in [-0.3, -0.25) is 4.79 Å². The van der Waals surface area contributed by atoms with Crippen LogP contribution in [0.1, 0.15) is 31.1 Å². The second-order valence-electron chi connectivity index (χ2n) is 5.22. The minimum atomic E-state index is -0.554. The molecule has 1 aliphatic rings. The fourth-order valence-electron chi connectivity index (χ4n) is 2.37. The number of hydrogen-bond acceptors (Lipinski definition) is 3. The summed E-state index contributed by atoms with van der Waals surface area (Å²) in [4.78, 5) is 18.0. The van der Waals surface area contributed by atoms with Gasteiger partial charge >= 0.3 is 0 Å². The van der Waals surface area contributed by atoms with Crippen molar-refractivity contribution in [1.29, 1.82) is 0 Å². The van der Waals surface area contributed by atoms with Crippen LogP contribution in [0.5, 0.6) is 0 Å². The van der Waals surface area contributed by atoms with Crippen LogP contribution in [0.25, 0.3) is 0 Å². The van der Waals surface area contributed by atoms with Crippen LogP contribution in [0.3, 0.4) is 0 Å². The van der Waals surface area contributed by atoms with Crippen LogP contribution in [0, 0.1) is 17.7 Å². The highest BCUT2D eigenvalue weighted by Gasteiger charge is 2.31. The van der Waals surface area contributed by atoms with Gasteiger partial charge in [0.25, 0.3) is 5.91 Å². The van der Waals surface area contributed by atoms with Crippen LogP contribution in [0.15, 0.2) is 12.3 Å². The normalized spacial score (nSPS) is 22.6. The predicted molar refractivity (Wildman–Crippen MR) is 72.6 cm³/mol. The molecule has 1 aromatic heterocycles. The Bertz CT molecular complexity index is 468. The van der Waals surface area contributed by atoms with E-state index in [0.29, 0.717) is 31.5 Å². The molecule has 4 nitrogen and oxygen atoms in total. The first-order valence-electron chi connectivity index (χ1n) is 6.72. The minimum Gasteiger partial charge on any atom is -0.368 e. The molecule has 104 valence electrons. The molecule has 0 spiro atoms. The number of anilines is 1. The van der Waals surface area contributed by atoms with Crippen molar-refractivity contribution in [2.75, 3.05) is 25.0 Å². The van der Waals surface area contributed by atoms with E-state index in [2.05, 4.69) is 24.1 Å². The second kappa shape index (κ2) is 5.55. The average Bonchev–Trinajstić information content (AvgIpc) is 2.72. The smallest absolute Gasteiger partial charge is 0.257 e. The van der Waals surface area contributed by atoms with Gasteiger partial charge in [-0.2, -0.15) is 0 Å². The van der Waals surface area contributed by atoms with E-state index in [1.54, 1.807) is 4.90 Å². The molecule has 0 radical (unpaired) electrons. The number of nitrogens with one attached hydrogen (secondary N) is 1. The quantitative estimate of drug-likeness (QED) is 0.912. The number of aromatic nitrogens is 1. The lowest BCUT2D eigenvalue weighted by molar-refractivity contribution is 0.0780. The number of halogens is 1. The third-order valence-electron chi connectivity index (χ3n) is 3.74. The molecule has 1 aliphatic heterocycles. The van der Waals surface area contributed by atoms with Gasteiger partial charge in [-0.25, -0.2) is 9.37 Å². The number of nitrogens with zero attached hydrogens (tertiary/aromatic N) is 2. The van der Waals surface area contributed by atoms with E-state index < -0.39 is 5.82 Å². The summed E-state index contributed by atoms with van der Waals surface area (Å²) in [5.41, 5.74) is 0.104. The van der Waals surface area contributed by atoms with Crippen molar-refractivity contribution >= 4 is 11.7 Å². The van der Waals surface area contributed by atoms with Gasteiger partial charge in [0, 0.05) is 25.8 Å². The number of carbonyl (C=O) groups excluding carboxylic acids is 1. The summed E-state index contributed by atoms with van der Waals surface area (Å²) in [6, 6.07) is 1.45. The van der Waals surface area contributed by atoms with E-state index in [0.717, 1.165) is 0 Å². The Morgan fingerprint density at radius 1 is 1.47 bits per heavy atom. The van der Waals surface area contributed by atoms with Gasteiger partial charge in [0.1, 0.15) is 0 Å². The fourth-order valence-corrected chi connectivity index (χ4v) is 2.37. The maximum absolute atomic E-state index is 14.2. The SMILES string of the molecule is CCNc1nccc(C(=O)N2CC(C)C(C)C2)c1F. The van der Waals surface area contributed by atoms with Gasteiger partial charge in [-0.1, -0.05) is 13.8 Å². The van der Waals surface area contributed by atoms with E-state index in [9.17, 15) is 9.18 Å². The van der Waals surface area contributed by atoms with Gasteiger partial charge in [-0.05, 0) is 24.8 Å². The zero-order valence-electron chi connectivity index (χ0n) is 11.6. The highest BCUT2D eigenvalue weighted by Crippen LogP contribution is 2.25. The lowest BCUT2D eigenvalue weighted by atomic mass is 10.0. The van der Waals surface area contributed by atoms with Gasteiger partial charge < -0.3 is 10.2 Å². The topological polar surface area (TPSA) is 45.2 Å². The summed E-state index contributed by atoms with van der Waals surface area (Å²) in [6.45, 7) is 8.05. The Balaban J connectivity index is 2.22. The van der Waals surface area contributed by atoms with Gasteiger partial charge in [0.05, 0.1) is 5.56 Å². The first-order valence-corrected chi connectivity index (χ1v) is 6.72. The largest absolute Gasteiger partial charge is 0.368 e. The standard InChI is InChI=1S/C14H20FN3O/c1-4-16-13-12(15)11(5-6-17-13)14(19)18-7-9(2)10(3)8-18/h5-6,9-10H,4,7-8H2,1-3H3,(H,16,17). The lowest BCUT2D eigenvalue weighted by Gasteiger charge is -2.17. The molecule has 1 saturated heterocycles. The van der Waals surface area contributed by atoms with Crippen LogP contribution in [0.2, 0.25) is 0 Å². The Kier molecular flexibility index (Phi) is 4.02. The van der Waals surface area contributed by atoms with Crippen molar-refractivity contribution in [1.82, 2.24) is 9.88 Å². The van der Waals surface area contributed by atoms with Crippen LogP contribution < -0.4 is 5.32 Å². The molecule has 0 aliphatic carbocycles. The van der Waals surface area contributed by atoms with Crippen LogP contribution >= 0.6 is 0 Å². The molecule has 1 fully saturated rings. The third-order valence-corrected chi connectivity index (χ3v) is 3.74. The number of carbonyl (C=O) groups is 1. The molecular weight excluding hydrogens is 245 g/mol. The maximum atomic E-state index is 14.2. The Morgan fingerprint density at radius 2 is 2.11 bits per heavy atom. The maximum Gasteiger partial charge on any atom is 0.257 e. The Hall–Kier alpha value is -1.65. The molecule has 2 unspecified atom stereocenters.